The summed E-state index contributed by atoms with van der Waals surface area (Å²) in [6, 6.07) is 5.57. The first-order chi connectivity index (χ1) is 15.6. The molecule has 2 bridgehead atoms. The summed E-state index contributed by atoms with van der Waals surface area (Å²) in [7, 11) is 0. The summed E-state index contributed by atoms with van der Waals surface area (Å²) in [5, 5.41) is 13.5. The highest BCUT2D eigenvalue weighted by molar-refractivity contribution is 8.02. The first-order valence-electron chi connectivity index (χ1n) is 11.5. The fraction of sp³-hybridized carbons (Fsp3) is 0.625. The molecule has 9 heteroatoms. The molecule has 0 aliphatic carbocycles. The fourth-order valence-electron chi connectivity index (χ4n) is 5.99. The van der Waals surface area contributed by atoms with Gasteiger partial charge in [0, 0.05) is 4.75 Å². The van der Waals surface area contributed by atoms with E-state index in [4.69, 9.17) is 16.3 Å². The van der Waals surface area contributed by atoms with E-state index in [1.54, 1.807) is 47.9 Å². The first-order valence-corrected chi connectivity index (χ1v) is 12.7. The number of nitrogens with one attached hydrogen (secondary N) is 1. The summed E-state index contributed by atoms with van der Waals surface area (Å²) in [6.07, 6.45) is 1.34. The van der Waals surface area contributed by atoms with Gasteiger partial charge in [0.25, 0.3) is 0 Å². The van der Waals surface area contributed by atoms with Gasteiger partial charge in [-0.25, -0.2) is 0 Å². The number of ether oxygens (including phenoxy) is 1. The van der Waals surface area contributed by atoms with Crippen LogP contribution in [0.4, 0.5) is 5.69 Å². The number of carbonyl (C=O) groups excluding carboxylic acids is 3. The number of carbonyl (C=O) groups is 3. The zero-order valence-corrected chi connectivity index (χ0v) is 20.9. The highest BCUT2D eigenvalue weighted by atomic mass is 35.5. The van der Waals surface area contributed by atoms with Crippen molar-refractivity contribution in [1.29, 1.82) is 0 Å². The maximum atomic E-state index is 14.0. The number of rotatable bonds is 7. The second kappa shape index (κ2) is 8.78. The van der Waals surface area contributed by atoms with Crippen LogP contribution in [0, 0.1) is 17.8 Å². The van der Waals surface area contributed by atoms with Crippen molar-refractivity contribution in [2.24, 2.45) is 17.8 Å². The summed E-state index contributed by atoms with van der Waals surface area (Å²) in [6.45, 7) is 7.54. The number of thioether (sulfide) groups is 1. The first kappa shape index (κ1) is 24.4. The largest absolute Gasteiger partial charge is 0.466 e. The van der Waals surface area contributed by atoms with E-state index in [0.29, 0.717) is 23.6 Å². The van der Waals surface area contributed by atoms with E-state index in [1.807, 2.05) is 20.8 Å². The van der Waals surface area contributed by atoms with Crippen molar-refractivity contribution in [3.05, 3.63) is 29.3 Å². The number of likely N-dealkylation sites (tertiary alicyclic amines) is 1. The molecule has 0 radical (unpaired) electrons. The second-order valence-corrected chi connectivity index (χ2v) is 12.0. The zero-order valence-electron chi connectivity index (χ0n) is 19.3. The van der Waals surface area contributed by atoms with E-state index in [-0.39, 0.29) is 36.9 Å². The summed E-state index contributed by atoms with van der Waals surface area (Å²) < 4.78 is 4.14. The SMILES string of the molecule is CCOC(=O)[C@H]1[C@H]2C(=O)N([C@@H](CO)C(C)C)C(C(=O)Nc3ccccc3Cl)C23CC[C@]1(C)S3. The van der Waals surface area contributed by atoms with Crippen LogP contribution in [0.1, 0.15) is 40.5 Å². The van der Waals surface area contributed by atoms with Gasteiger partial charge in [0.05, 0.1) is 46.5 Å². The van der Waals surface area contributed by atoms with Gasteiger partial charge in [-0.15, -0.1) is 11.8 Å². The van der Waals surface area contributed by atoms with Crippen molar-refractivity contribution >= 4 is 46.8 Å². The predicted molar refractivity (Wildman–Crippen MR) is 128 cm³/mol. The van der Waals surface area contributed by atoms with E-state index in [0.717, 1.165) is 0 Å². The van der Waals surface area contributed by atoms with E-state index in [2.05, 4.69) is 5.32 Å². The molecule has 3 fully saturated rings. The molecule has 2 N–H and O–H groups in total. The number of halogens is 1. The number of aliphatic hydroxyl groups is 1. The number of fused-ring (bicyclic) bond motifs is 1. The lowest BCUT2D eigenvalue weighted by Crippen LogP contribution is -2.56. The van der Waals surface area contributed by atoms with Crippen molar-refractivity contribution in [2.75, 3.05) is 18.5 Å². The maximum Gasteiger partial charge on any atom is 0.311 e. The average molecular weight is 495 g/mol. The molecule has 1 aromatic carbocycles. The van der Waals surface area contributed by atoms with Crippen molar-refractivity contribution in [1.82, 2.24) is 4.90 Å². The Kier molecular flexibility index (Phi) is 6.48. The van der Waals surface area contributed by atoms with Gasteiger partial charge in [0.15, 0.2) is 0 Å². The molecule has 3 saturated heterocycles. The molecule has 3 aliphatic heterocycles. The number of nitrogens with zero attached hydrogens (tertiary/aromatic N) is 1. The number of esters is 1. The van der Waals surface area contributed by atoms with Crippen LogP contribution in [0.5, 0.6) is 0 Å². The third kappa shape index (κ3) is 3.65. The number of hydrogen-bond acceptors (Lipinski definition) is 6. The molecule has 3 aliphatic rings. The molecular formula is C24H31ClN2O5S. The van der Waals surface area contributed by atoms with Crippen molar-refractivity contribution in [2.45, 2.75) is 62.1 Å². The van der Waals surface area contributed by atoms with Gasteiger partial charge in [-0.05, 0) is 44.7 Å². The van der Waals surface area contributed by atoms with Crippen LogP contribution in [0.2, 0.25) is 5.02 Å². The van der Waals surface area contributed by atoms with Gasteiger partial charge in [-0.1, -0.05) is 37.6 Å². The van der Waals surface area contributed by atoms with Crippen LogP contribution < -0.4 is 5.32 Å². The van der Waals surface area contributed by atoms with Gasteiger partial charge in [-0.3, -0.25) is 14.4 Å². The topological polar surface area (TPSA) is 95.9 Å². The summed E-state index contributed by atoms with van der Waals surface area (Å²) in [5.74, 6) is -2.37. The number of benzene rings is 1. The number of amides is 2. The Labute approximate surface area is 203 Å². The smallest absolute Gasteiger partial charge is 0.311 e. The molecule has 1 aromatic rings. The van der Waals surface area contributed by atoms with Crippen LogP contribution in [-0.4, -0.2) is 62.6 Å². The molecule has 6 atom stereocenters. The lowest BCUT2D eigenvalue weighted by Gasteiger charge is -2.38. The van der Waals surface area contributed by atoms with E-state index < -0.39 is 33.4 Å². The van der Waals surface area contributed by atoms with Crippen molar-refractivity contribution in [3.63, 3.8) is 0 Å². The molecule has 1 spiro atoms. The van der Waals surface area contributed by atoms with Crippen molar-refractivity contribution < 1.29 is 24.2 Å². The minimum absolute atomic E-state index is 0.0800. The minimum atomic E-state index is -0.836. The average Bonchev–Trinajstić information content (AvgIpc) is 3.31. The predicted octanol–water partition coefficient (Wildman–Crippen LogP) is 3.34. The standard InChI is InChI=1S/C24H31ClN2O5S/c1-5-32-22(31)18-17-21(30)27(16(12-28)13(2)3)19(24(17)11-10-23(18,4)33-24)20(29)26-15-9-7-6-8-14(15)25/h6-9,13,16-19,28H,5,10-12H2,1-4H3,(H,26,29)/t16-,17-,18+,19?,23-,24?/m0/s1. The monoisotopic (exact) mass is 494 g/mol. The summed E-state index contributed by atoms with van der Waals surface area (Å²) in [4.78, 5) is 42.4. The Morgan fingerprint density at radius 3 is 2.64 bits per heavy atom. The van der Waals surface area contributed by atoms with Crippen LogP contribution >= 0.6 is 23.4 Å². The highest BCUT2D eigenvalue weighted by Crippen LogP contribution is 2.71. The van der Waals surface area contributed by atoms with E-state index in [1.165, 1.54) is 0 Å². The van der Waals surface area contributed by atoms with Crippen LogP contribution in [0.15, 0.2) is 24.3 Å². The van der Waals surface area contributed by atoms with Crippen LogP contribution in [0.3, 0.4) is 0 Å². The molecule has 0 aromatic heterocycles. The van der Waals surface area contributed by atoms with E-state index >= 15 is 0 Å². The van der Waals surface area contributed by atoms with Gasteiger partial charge in [0.1, 0.15) is 6.04 Å². The normalized spacial score (nSPS) is 33.4. The molecule has 33 heavy (non-hydrogen) atoms. The third-order valence-corrected chi connectivity index (χ3v) is 9.76. The quantitative estimate of drug-likeness (QED) is 0.564. The maximum absolute atomic E-state index is 14.0. The van der Waals surface area contributed by atoms with E-state index in [9.17, 15) is 19.5 Å². The number of aliphatic hydroxyl groups excluding tert-OH is 1. The molecule has 180 valence electrons. The summed E-state index contributed by atoms with van der Waals surface area (Å²) in [5.41, 5.74) is 0.465. The Hall–Kier alpha value is -1.77. The Balaban J connectivity index is 1.80. The molecule has 4 rings (SSSR count). The van der Waals surface area contributed by atoms with Gasteiger partial charge >= 0.3 is 5.97 Å². The number of para-hydroxylation sites is 1. The van der Waals surface area contributed by atoms with Gasteiger partial charge in [0.2, 0.25) is 11.8 Å². The molecule has 3 heterocycles. The van der Waals surface area contributed by atoms with Crippen LogP contribution in [0.25, 0.3) is 0 Å². The second-order valence-electron chi connectivity index (χ2n) is 9.69. The minimum Gasteiger partial charge on any atom is -0.466 e. The highest BCUT2D eigenvalue weighted by Gasteiger charge is 2.78. The summed E-state index contributed by atoms with van der Waals surface area (Å²) >= 11 is 7.86. The Morgan fingerprint density at radius 1 is 1.33 bits per heavy atom. The lowest BCUT2D eigenvalue weighted by atomic mass is 9.66. The van der Waals surface area contributed by atoms with Crippen molar-refractivity contribution in [3.8, 4) is 0 Å². The fourth-order valence-corrected chi connectivity index (χ4v) is 8.51. The van der Waals surface area contributed by atoms with Gasteiger partial charge < -0.3 is 20.1 Å². The third-order valence-electron chi connectivity index (χ3n) is 7.45. The molecule has 2 amide bonds. The number of hydrogen-bond donors (Lipinski definition) is 2. The zero-order chi connectivity index (χ0) is 24.1. The molecule has 7 nitrogen and oxygen atoms in total. The Bertz CT molecular complexity index is 974. The Morgan fingerprint density at radius 2 is 2.03 bits per heavy atom. The van der Waals surface area contributed by atoms with Gasteiger partial charge in [-0.2, -0.15) is 0 Å². The molecule has 2 unspecified atom stereocenters. The molecule has 0 saturated carbocycles. The molecular weight excluding hydrogens is 464 g/mol. The number of anilines is 1. The van der Waals surface area contributed by atoms with Crippen LogP contribution in [-0.2, 0) is 19.1 Å². The lowest BCUT2D eigenvalue weighted by molar-refractivity contribution is -0.155.